The number of halogens is 1. The van der Waals surface area contributed by atoms with Crippen molar-refractivity contribution in [2.24, 2.45) is 0 Å². The van der Waals surface area contributed by atoms with Crippen molar-refractivity contribution in [3.05, 3.63) is 47.2 Å². The maximum atomic E-state index is 13.4. The van der Waals surface area contributed by atoms with Gasteiger partial charge in [-0.1, -0.05) is 13.3 Å². The molecule has 0 bridgehead atoms. The molecule has 0 aliphatic carbocycles. The Kier molecular flexibility index (Phi) is 4.22. The van der Waals surface area contributed by atoms with E-state index in [0.717, 1.165) is 29.7 Å². The van der Waals surface area contributed by atoms with Crippen molar-refractivity contribution in [1.82, 2.24) is 9.97 Å². The molecule has 0 saturated carbocycles. The third kappa shape index (κ3) is 2.96. The summed E-state index contributed by atoms with van der Waals surface area (Å²) in [6.45, 7) is 3.61. The van der Waals surface area contributed by atoms with Gasteiger partial charge in [0.05, 0.1) is 12.3 Å². The zero-order valence-electron chi connectivity index (χ0n) is 11.2. The number of aromatic nitrogens is 2. The third-order valence-electron chi connectivity index (χ3n) is 2.99. The summed E-state index contributed by atoms with van der Waals surface area (Å²) in [5, 5.41) is 9.14. The highest BCUT2D eigenvalue weighted by atomic mass is 19.1. The number of aliphatic hydroxyl groups excluding tert-OH is 1. The lowest BCUT2D eigenvalue weighted by Gasteiger charge is -2.10. The van der Waals surface area contributed by atoms with Gasteiger partial charge in [0, 0.05) is 17.3 Å². The van der Waals surface area contributed by atoms with E-state index in [1.807, 2.05) is 13.1 Å². The summed E-state index contributed by atoms with van der Waals surface area (Å²) >= 11 is 0. The fourth-order valence-corrected chi connectivity index (χ4v) is 2.04. The van der Waals surface area contributed by atoms with E-state index in [9.17, 15) is 4.39 Å². The summed E-state index contributed by atoms with van der Waals surface area (Å²) in [4.78, 5) is 8.66. The van der Waals surface area contributed by atoms with E-state index in [0.29, 0.717) is 5.82 Å². The minimum atomic E-state index is -0.394. The molecule has 2 aromatic rings. The van der Waals surface area contributed by atoms with Crippen LogP contribution in [0.3, 0.4) is 0 Å². The molecule has 0 amide bonds. The maximum absolute atomic E-state index is 13.4. The van der Waals surface area contributed by atoms with Crippen LogP contribution < -0.4 is 0 Å². The first kappa shape index (κ1) is 13.6. The summed E-state index contributed by atoms with van der Waals surface area (Å²) in [6, 6.07) is 4.71. The van der Waals surface area contributed by atoms with Crippen LogP contribution in [0.15, 0.2) is 24.4 Å². The van der Waals surface area contributed by atoms with Crippen LogP contribution >= 0.6 is 0 Å². The predicted molar refractivity (Wildman–Crippen MR) is 72.1 cm³/mol. The van der Waals surface area contributed by atoms with Gasteiger partial charge in [-0.2, -0.15) is 0 Å². The van der Waals surface area contributed by atoms with Crippen LogP contribution in [0, 0.1) is 12.7 Å². The number of aryl methyl sites for hydroxylation is 2. The monoisotopic (exact) mass is 260 g/mol. The first-order chi connectivity index (χ1) is 9.15. The van der Waals surface area contributed by atoms with E-state index < -0.39 is 5.82 Å². The number of hydrogen-bond acceptors (Lipinski definition) is 3. The molecule has 0 aliphatic rings. The van der Waals surface area contributed by atoms with Gasteiger partial charge >= 0.3 is 0 Å². The molecule has 0 unspecified atom stereocenters. The molecule has 1 N–H and O–H groups in total. The van der Waals surface area contributed by atoms with E-state index in [1.54, 1.807) is 12.1 Å². The quantitative estimate of drug-likeness (QED) is 0.919. The Balaban J connectivity index is 2.53. The molecule has 0 aliphatic heterocycles. The van der Waals surface area contributed by atoms with Gasteiger partial charge in [0.2, 0.25) is 0 Å². The Morgan fingerprint density at radius 3 is 2.74 bits per heavy atom. The molecule has 0 radical (unpaired) electrons. The largest absolute Gasteiger partial charge is 0.392 e. The summed E-state index contributed by atoms with van der Waals surface area (Å²) in [7, 11) is 0. The number of aliphatic hydroxyl groups is 1. The fraction of sp³-hybridized carbons (Fsp3) is 0.333. The van der Waals surface area contributed by atoms with E-state index in [2.05, 4.69) is 16.9 Å². The second-order valence-corrected chi connectivity index (χ2v) is 4.51. The van der Waals surface area contributed by atoms with E-state index in [4.69, 9.17) is 5.11 Å². The van der Waals surface area contributed by atoms with E-state index >= 15 is 0 Å². The first-order valence-corrected chi connectivity index (χ1v) is 6.38. The van der Waals surface area contributed by atoms with Gasteiger partial charge < -0.3 is 5.11 Å². The summed E-state index contributed by atoms with van der Waals surface area (Å²) < 4.78 is 13.4. The molecule has 0 spiro atoms. The molecule has 1 aromatic heterocycles. The number of benzene rings is 1. The van der Waals surface area contributed by atoms with Gasteiger partial charge in [-0.05, 0) is 37.1 Å². The highest BCUT2D eigenvalue weighted by Crippen LogP contribution is 2.24. The second kappa shape index (κ2) is 5.89. The SMILES string of the molecule is CCCc1cnc(C)nc1-c1ccc(F)c(CO)c1. The van der Waals surface area contributed by atoms with Gasteiger partial charge in [0.25, 0.3) is 0 Å². The van der Waals surface area contributed by atoms with Crippen molar-refractivity contribution in [2.45, 2.75) is 33.3 Å². The Morgan fingerprint density at radius 2 is 2.05 bits per heavy atom. The van der Waals surface area contributed by atoms with Crippen LogP contribution in [0.1, 0.15) is 30.3 Å². The molecule has 2 rings (SSSR count). The predicted octanol–water partition coefficient (Wildman–Crippen LogP) is 3.04. The smallest absolute Gasteiger partial charge is 0.128 e. The van der Waals surface area contributed by atoms with Gasteiger partial charge in [0.15, 0.2) is 0 Å². The van der Waals surface area contributed by atoms with Gasteiger partial charge in [-0.25, -0.2) is 14.4 Å². The van der Waals surface area contributed by atoms with Gasteiger partial charge in [0.1, 0.15) is 11.6 Å². The number of nitrogens with zero attached hydrogens (tertiary/aromatic N) is 2. The first-order valence-electron chi connectivity index (χ1n) is 6.38. The van der Waals surface area contributed by atoms with Crippen molar-refractivity contribution >= 4 is 0 Å². The highest BCUT2D eigenvalue weighted by molar-refractivity contribution is 5.63. The minimum absolute atomic E-state index is 0.288. The van der Waals surface area contributed by atoms with Crippen molar-refractivity contribution in [3.8, 4) is 11.3 Å². The van der Waals surface area contributed by atoms with Crippen LogP contribution in [-0.2, 0) is 13.0 Å². The molecule has 0 fully saturated rings. The number of hydrogen-bond donors (Lipinski definition) is 1. The lowest BCUT2D eigenvalue weighted by Crippen LogP contribution is -1.99. The molecule has 100 valence electrons. The van der Waals surface area contributed by atoms with E-state index in [-0.39, 0.29) is 12.2 Å². The van der Waals surface area contributed by atoms with Crippen LogP contribution in [0.4, 0.5) is 4.39 Å². The second-order valence-electron chi connectivity index (χ2n) is 4.51. The van der Waals surface area contributed by atoms with Gasteiger partial charge in [-0.3, -0.25) is 0 Å². The maximum Gasteiger partial charge on any atom is 0.128 e. The molecule has 1 heterocycles. The van der Waals surface area contributed by atoms with Crippen molar-refractivity contribution in [3.63, 3.8) is 0 Å². The molecule has 3 nitrogen and oxygen atoms in total. The van der Waals surface area contributed by atoms with Crippen LogP contribution in [-0.4, -0.2) is 15.1 Å². The van der Waals surface area contributed by atoms with Crippen molar-refractivity contribution < 1.29 is 9.50 Å². The summed E-state index contributed by atoms with van der Waals surface area (Å²) in [5.41, 5.74) is 2.98. The minimum Gasteiger partial charge on any atom is -0.392 e. The standard InChI is InChI=1S/C15H17FN2O/c1-3-4-12-8-17-10(2)18-15(12)11-5-6-14(16)13(7-11)9-19/h5-8,19H,3-4,9H2,1-2H3. The normalized spacial score (nSPS) is 10.7. The average Bonchev–Trinajstić information content (AvgIpc) is 2.42. The van der Waals surface area contributed by atoms with E-state index in [1.165, 1.54) is 6.07 Å². The van der Waals surface area contributed by atoms with Crippen molar-refractivity contribution in [2.75, 3.05) is 0 Å². The van der Waals surface area contributed by atoms with Crippen LogP contribution in [0.2, 0.25) is 0 Å². The molecule has 1 aromatic carbocycles. The lowest BCUT2D eigenvalue weighted by molar-refractivity contribution is 0.276. The topological polar surface area (TPSA) is 46.0 Å². The molecule has 4 heteroatoms. The fourth-order valence-electron chi connectivity index (χ4n) is 2.04. The zero-order valence-corrected chi connectivity index (χ0v) is 11.2. The summed E-state index contributed by atoms with van der Waals surface area (Å²) in [6.07, 6.45) is 3.69. The zero-order chi connectivity index (χ0) is 13.8. The van der Waals surface area contributed by atoms with Crippen molar-refractivity contribution in [1.29, 1.82) is 0 Å². The average molecular weight is 260 g/mol. The lowest BCUT2D eigenvalue weighted by atomic mass is 10.0. The number of rotatable bonds is 4. The highest BCUT2D eigenvalue weighted by Gasteiger charge is 2.10. The molecule has 19 heavy (non-hydrogen) atoms. The Labute approximate surface area is 112 Å². The Bertz CT molecular complexity index is 584. The molecule has 0 atom stereocenters. The summed E-state index contributed by atoms with van der Waals surface area (Å²) in [5.74, 6) is 0.291. The molecular formula is C15H17FN2O. The third-order valence-corrected chi connectivity index (χ3v) is 2.99. The van der Waals surface area contributed by atoms with Crippen LogP contribution in [0.25, 0.3) is 11.3 Å². The Hall–Kier alpha value is -1.81. The van der Waals surface area contributed by atoms with Gasteiger partial charge in [-0.15, -0.1) is 0 Å². The Morgan fingerprint density at radius 1 is 1.26 bits per heavy atom. The molecular weight excluding hydrogens is 243 g/mol. The van der Waals surface area contributed by atoms with Crippen LogP contribution in [0.5, 0.6) is 0 Å². The molecule has 0 saturated heterocycles.